The van der Waals surface area contributed by atoms with Gasteiger partial charge in [-0.2, -0.15) is 0 Å². The van der Waals surface area contributed by atoms with Gasteiger partial charge in [0.05, 0.1) is 6.42 Å². The summed E-state index contributed by atoms with van der Waals surface area (Å²) in [5.74, 6) is 0.0688. The molecular formula is C22H17BrN4O4. The molecule has 8 nitrogen and oxygen atoms in total. The smallest absolute Gasteiger partial charge is 0.291 e. The fourth-order valence-corrected chi connectivity index (χ4v) is 3.21. The molecule has 0 aliphatic rings. The van der Waals surface area contributed by atoms with Gasteiger partial charge < -0.3 is 19.5 Å². The number of aryl methyl sites for hydroxylation is 1. The first-order valence-electron chi connectivity index (χ1n) is 9.30. The molecule has 2 amide bonds. The number of amides is 2. The van der Waals surface area contributed by atoms with Gasteiger partial charge in [0.1, 0.15) is 0 Å². The van der Waals surface area contributed by atoms with E-state index >= 15 is 0 Å². The average molecular weight is 481 g/mol. The Hall–Kier alpha value is -3.72. The van der Waals surface area contributed by atoms with Gasteiger partial charge in [0.2, 0.25) is 18.2 Å². The van der Waals surface area contributed by atoms with E-state index in [9.17, 15) is 9.59 Å². The molecule has 2 N–H and O–H groups in total. The van der Waals surface area contributed by atoms with Crippen molar-refractivity contribution in [2.45, 2.75) is 13.3 Å². The number of rotatable bonds is 6. The molecule has 0 atom stereocenters. The Morgan fingerprint density at radius 1 is 1.03 bits per heavy atom. The van der Waals surface area contributed by atoms with Gasteiger partial charge in [-0.25, -0.2) is 0 Å². The maximum atomic E-state index is 12.5. The van der Waals surface area contributed by atoms with E-state index in [1.165, 1.54) is 6.39 Å². The van der Waals surface area contributed by atoms with Gasteiger partial charge in [0, 0.05) is 16.9 Å². The number of halogens is 1. The normalized spacial score (nSPS) is 10.6. The van der Waals surface area contributed by atoms with E-state index < -0.39 is 0 Å². The summed E-state index contributed by atoms with van der Waals surface area (Å²) in [6, 6.07) is 15.8. The summed E-state index contributed by atoms with van der Waals surface area (Å²) in [5.41, 5.74) is 3.72. The molecule has 2 aromatic heterocycles. The third kappa shape index (κ3) is 5.07. The minimum Gasteiger partial charge on any atom is -0.444 e. The number of carbonyl (C=O) groups excluding carboxylic acids is 2. The molecule has 0 aliphatic heterocycles. The lowest BCUT2D eigenvalue weighted by Crippen LogP contribution is -2.15. The lowest BCUT2D eigenvalue weighted by atomic mass is 10.1. The topological polar surface area (TPSA) is 110 Å². The monoisotopic (exact) mass is 480 g/mol. The van der Waals surface area contributed by atoms with Crippen molar-refractivity contribution in [1.82, 2.24) is 10.2 Å². The van der Waals surface area contributed by atoms with E-state index in [2.05, 4.69) is 36.8 Å². The summed E-state index contributed by atoms with van der Waals surface area (Å²) in [6.07, 6.45) is 1.44. The summed E-state index contributed by atoms with van der Waals surface area (Å²) >= 11 is 3.17. The van der Waals surface area contributed by atoms with Gasteiger partial charge >= 0.3 is 0 Å². The fraction of sp³-hybridized carbons (Fsp3) is 0.0909. The minimum atomic E-state index is -0.354. The molecule has 0 aliphatic carbocycles. The van der Waals surface area contributed by atoms with Crippen molar-refractivity contribution in [3.8, 4) is 11.5 Å². The molecule has 156 valence electrons. The molecule has 0 unspecified atom stereocenters. The highest BCUT2D eigenvalue weighted by Crippen LogP contribution is 2.24. The number of carbonyl (C=O) groups is 2. The van der Waals surface area contributed by atoms with Crippen LogP contribution >= 0.6 is 15.9 Å². The molecule has 2 heterocycles. The van der Waals surface area contributed by atoms with Gasteiger partial charge in [0.25, 0.3) is 5.91 Å². The van der Waals surface area contributed by atoms with Crippen LogP contribution in [0.4, 0.5) is 11.4 Å². The molecule has 0 fully saturated rings. The van der Waals surface area contributed by atoms with Crippen LogP contribution in [0.5, 0.6) is 0 Å². The summed E-state index contributed by atoms with van der Waals surface area (Å²) in [6.45, 7) is 1.91. The molecule has 31 heavy (non-hydrogen) atoms. The molecule has 9 heteroatoms. The Kier molecular flexibility index (Phi) is 5.94. The quantitative estimate of drug-likeness (QED) is 0.408. The highest BCUT2D eigenvalue weighted by molar-refractivity contribution is 9.10. The van der Waals surface area contributed by atoms with E-state index in [0.717, 1.165) is 16.7 Å². The second-order valence-corrected chi connectivity index (χ2v) is 7.53. The molecular weight excluding hydrogens is 464 g/mol. The Bertz CT molecular complexity index is 1220. The van der Waals surface area contributed by atoms with Crippen LogP contribution in [0.1, 0.15) is 21.7 Å². The zero-order valence-electron chi connectivity index (χ0n) is 16.4. The molecule has 0 bridgehead atoms. The SMILES string of the molecule is Cc1ccc(-c2nnco2)cc1NC(=O)Cc1ccc(NC(=O)c2ccc(Br)o2)cc1. The van der Waals surface area contributed by atoms with Gasteiger partial charge in [-0.15, -0.1) is 10.2 Å². The predicted octanol–water partition coefficient (Wildman–Crippen LogP) is 4.83. The van der Waals surface area contributed by atoms with Crippen molar-refractivity contribution >= 4 is 39.1 Å². The van der Waals surface area contributed by atoms with Crippen LogP contribution in [0.25, 0.3) is 11.5 Å². The van der Waals surface area contributed by atoms with Crippen LogP contribution in [0, 0.1) is 6.92 Å². The van der Waals surface area contributed by atoms with Crippen LogP contribution in [-0.4, -0.2) is 22.0 Å². The first-order chi connectivity index (χ1) is 15.0. The molecule has 0 radical (unpaired) electrons. The van der Waals surface area contributed by atoms with Crippen LogP contribution in [0.2, 0.25) is 0 Å². The maximum absolute atomic E-state index is 12.5. The first kappa shape index (κ1) is 20.5. The highest BCUT2D eigenvalue weighted by atomic mass is 79.9. The zero-order chi connectivity index (χ0) is 21.8. The van der Waals surface area contributed by atoms with Crippen molar-refractivity contribution in [3.05, 3.63) is 82.5 Å². The molecule has 4 aromatic rings. The lowest BCUT2D eigenvalue weighted by Gasteiger charge is -2.10. The number of hydrogen-bond donors (Lipinski definition) is 2. The Morgan fingerprint density at radius 2 is 1.84 bits per heavy atom. The van der Waals surface area contributed by atoms with Gasteiger partial charge in [-0.1, -0.05) is 18.2 Å². The van der Waals surface area contributed by atoms with E-state index in [0.29, 0.717) is 21.9 Å². The molecule has 2 aromatic carbocycles. The average Bonchev–Trinajstić information content (AvgIpc) is 3.43. The second-order valence-electron chi connectivity index (χ2n) is 6.75. The van der Waals surface area contributed by atoms with Crippen LogP contribution in [-0.2, 0) is 11.2 Å². The van der Waals surface area contributed by atoms with E-state index in [1.807, 2.05) is 19.1 Å². The van der Waals surface area contributed by atoms with E-state index in [-0.39, 0.29) is 24.0 Å². The molecule has 4 rings (SSSR count). The highest BCUT2D eigenvalue weighted by Gasteiger charge is 2.12. The van der Waals surface area contributed by atoms with Crippen molar-refractivity contribution in [2.24, 2.45) is 0 Å². The van der Waals surface area contributed by atoms with Crippen molar-refractivity contribution < 1.29 is 18.4 Å². The van der Waals surface area contributed by atoms with Crippen LogP contribution in [0.3, 0.4) is 0 Å². The number of hydrogen-bond acceptors (Lipinski definition) is 6. The number of nitrogens with zero attached hydrogens (tertiary/aromatic N) is 2. The molecule has 0 saturated carbocycles. The lowest BCUT2D eigenvalue weighted by molar-refractivity contribution is -0.115. The standard InChI is InChI=1S/C22H17BrN4O4/c1-13-2-5-15(22-27-24-12-30-22)11-17(13)26-20(28)10-14-3-6-16(7-4-14)25-21(29)18-8-9-19(23)31-18/h2-9,11-12H,10H2,1H3,(H,25,29)(H,26,28). The number of nitrogens with one attached hydrogen (secondary N) is 2. The minimum absolute atomic E-state index is 0.164. The number of anilines is 2. The summed E-state index contributed by atoms with van der Waals surface area (Å²) in [5, 5.41) is 13.2. The summed E-state index contributed by atoms with van der Waals surface area (Å²) < 4.78 is 10.9. The Balaban J connectivity index is 1.38. The summed E-state index contributed by atoms with van der Waals surface area (Å²) in [4.78, 5) is 24.7. The van der Waals surface area contributed by atoms with Gasteiger partial charge in [-0.05, 0) is 70.4 Å². The first-order valence-corrected chi connectivity index (χ1v) is 10.1. The van der Waals surface area contributed by atoms with Crippen molar-refractivity contribution in [2.75, 3.05) is 10.6 Å². The van der Waals surface area contributed by atoms with Gasteiger partial charge in [0.15, 0.2) is 10.4 Å². The largest absolute Gasteiger partial charge is 0.444 e. The Morgan fingerprint density at radius 3 is 2.52 bits per heavy atom. The second kappa shape index (κ2) is 8.97. The van der Waals surface area contributed by atoms with Crippen LogP contribution in [0.15, 0.2) is 74.5 Å². The summed E-state index contributed by atoms with van der Waals surface area (Å²) in [7, 11) is 0. The number of aromatic nitrogens is 2. The maximum Gasteiger partial charge on any atom is 0.291 e. The number of benzene rings is 2. The van der Waals surface area contributed by atoms with E-state index in [4.69, 9.17) is 8.83 Å². The van der Waals surface area contributed by atoms with Crippen LogP contribution < -0.4 is 10.6 Å². The van der Waals surface area contributed by atoms with E-state index in [1.54, 1.807) is 42.5 Å². The zero-order valence-corrected chi connectivity index (χ0v) is 18.0. The third-order valence-electron chi connectivity index (χ3n) is 4.49. The molecule has 0 saturated heterocycles. The van der Waals surface area contributed by atoms with Gasteiger partial charge in [-0.3, -0.25) is 9.59 Å². The fourth-order valence-electron chi connectivity index (χ4n) is 2.90. The molecule has 0 spiro atoms. The number of furan rings is 1. The third-order valence-corrected chi connectivity index (χ3v) is 4.92. The van der Waals surface area contributed by atoms with Crippen molar-refractivity contribution in [1.29, 1.82) is 0 Å². The Labute approximate surface area is 185 Å². The predicted molar refractivity (Wildman–Crippen MR) is 118 cm³/mol. The van der Waals surface area contributed by atoms with Crippen molar-refractivity contribution in [3.63, 3.8) is 0 Å².